The minimum absolute atomic E-state index is 0.0718. The molecule has 5 nitrogen and oxygen atoms in total. The topological polar surface area (TPSA) is 75.6 Å². The van der Waals surface area contributed by atoms with E-state index in [0.29, 0.717) is 5.56 Å². The van der Waals surface area contributed by atoms with Crippen LogP contribution < -0.4 is 5.32 Å². The van der Waals surface area contributed by atoms with Crippen molar-refractivity contribution in [3.63, 3.8) is 0 Å². The summed E-state index contributed by atoms with van der Waals surface area (Å²) in [6.07, 6.45) is -0.720. The molecule has 0 saturated carbocycles. The second kappa shape index (κ2) is 3.79. The number of carboxylic acids is 1. The highest BCUT2D eigenvalue weighted by molar-refractivity contribution is 9.10. The van der Waals surface area contributed by atoms with Crippen LogP contribution in [0.1, 0.15) is 5.56 Å². The highest BCUT2D eigenvalue weighted by atomic mass is 79.9. The van der Waals surface area contributed by atoms with Crippen LogP contribution in [0.25, 0.3) is 0 Å². The molecule has 0 radical (unpaired) electrons. The van der Waals surface area contributed by atoms with Crippen molar-refractivity contribution in [2.45, 2.75) is 5.60 Å². The predicted molar refractivity (Wildman–Crippen MR) is 57.9 cm³/mol. The van der Waals surface area contributed by atoms with Gasteiger partial charge < -0.3 is 15.2 Å². The molecule has 0 aliphatic carbocycles. The van der Waals surface area contributed by atoms with Crippen LogP contribution in [-0.4, -0.2) is 23.7 Å². The van der Waals surface area contributed by atoms with Gasteiger partial charge in [-0.1, -0.05) is 28.1 Å². The van der Waals surface area contributed by atoms with Gasteiger partial charge in [0, 0.05) is 10.0 Å². The Bertz CT molecular complexity index is 462. The Morgan fingerprint density at radius 2 is 2.31 bits per heavy atom. The third kappa shape index (κ3) is 1.65. The number of hydrogen-bond acceptors (Lipinski definition) is 3. The van der Waals surface area contributed by atoms with Gasteiger partial charge in [0.25, 0.3) is 5.60 Å². The molecule has 84 valence electrons. The fourth-order valence-electron chi connectivity index (χ4n) is 1.57. The second-order valence-electron chi connectivity index (χ2n) is 3.39. The number of benzene rings is 1. The molecular formula is C10H8BrNO4. The van der Waals surface area contributed by atoms with Crippen LogP contribution in [0.15, 0.2) is 28.7 Å². The lowest BCUT2D eigenvalue weighted by Crippen LogP contribution is -2.39. The van der Waals surface area contributed by atoms with Gasteiger partial charge in [0.2, 0.25) is 0 Å². The zero-order valence-electron chi connectivity index (χ0n) is 8.07. The summed E-state index contributed by atoms with van der Waals surface area (Å²) in [4.78, 5) is 22.3. The molecule has 1 aliphatic heterocycles. The number of alkyl carbamates (subject to hydrolysis) is 1. The molecule has 1 aromatic rings. The Balaban J connectivity index is 2.48. The van der Waals surface area contributed by atoms with Crippen LogP contribution in [0, 0.1) is 0 Å². The lowest BCUT2D eigenvalue weighted by Gasteiger charge is -2.21. The van der Waals surface area contributed by atoms with Gasteiger partial charge in [-0.25, -0.2) is 9.59 Å². The van der Waals surface area contributed by atoms with Gasteiger partial charge in [-0.05, 0) is 12.1 Å². The molecule has 1 atom stereocenters. The zero-order valence-corrected chi connectivity index (χ0v) is 9.65. The lowest BCUT2D eigenvalue weighted by atomic mass is 9.94. The summed E-state index contributed by atoms with van der Waals surface area (Å²) in [5, 5.41) is 11.5. The van der Waals surface area contributed by atoms with Gasteiger partial charge >= 0.3 is 12.1 Å². The Labute approximate surface area is 99.5 Å². The van der Waals surface area contributed by atoms with Gasteiger partial charge in [0.1, 0.15) is 0 Å². The summed E-state index contributed by atoms with van der Waals surface area (Å²) in [6.45, 7) is -0.0718. The Hall–Kier alpha value is -1.56. The number of amides is 1. The smallest absolute Gasteiger partial charge is 0.408 e. The minimum atomic E-state index is -1.62. The molecule has 2 N–H and O–H groups in total. The molecule has 1 amide bonds. The fraction of sp³-hybridized carbons (Fsp3) is 0.200. The first-order chi connectivity index (χ1) is 7.54. The van der Waals surface area contributed by atoms with E-state index in [1.54, 1.807) is 24.3 Å². The maximum atomic E-state index is 11.2. The summed E-state index contributed by atoms with van der Waals surface area (Å²) < 4.78 is 5.61. The number of rotatable bonds is 2. The van der Waals surface area contributed by atoms with Crippen LogP contribution in [0.2, 0.25) is 0 Å². The fourth-order valence-corrected chi connectivity index (χ4v) is 1.97. The molecule has 0 spiro atoms. The summed E-state index contributed by atoms with van der Waals surface area (Å²) in [6, 6.07) is 6.69. The number of hydrogen-bond donors (Lipinski definition) is 2. The monoisotopic (exact) mass is 285 g/mol. The summed E-state index contributed by atoms with van der Waals surface area (Å²) in [7, 11) is 0. The van der Waals surface area contributed by atoms with Crippen molar-refractivity contribution in [1.29, 1.82) is 0 Å². The highest BCUT2D eigenvalue weighted by Gasteiger charge is 2.49. The van der Waals surface area contributed by atoms with E-state index in [0.717, 1.165) is 4.47 Å². The Kier molecular flexibility index (Phi) is 2.59. The van der Waals surface area contributed by atoms with Gasteiger partial charge in [-0.15, -0.1) is 0 Å². The Morgan fingerprint density at radius 3 is 2.81 bits per heavy atom. The normalized spacial score (nSPS) is 23.7. The first-order valence-corrected chi connectivity index (χ1v) is 5.30. The first kappa shape index (κ1) is 10.9. The number of carbonyl (C=O) groups is 2. The van der Waals surface area contributed by atoms with Crippen molar-refractivity contribution < 1.29 is 19.4 Å². The van der Waals surface area contributed by atoms with Crippen molar-refractivity contribution in [3.05, 3.63) is 34.3 Å². The molecule has 2 rings (SSSR count). The molecular weight excluding hydrogens is 278 g/mol. The van der Waals surface area contributed by atoms with E-state index in [1.165, 1.54) is 0 Å². The maximum Gasteiger partial charge on any atom is 0.408 e. The van der Waals surface area contributed by atoms with Crippen LogP contribution in [0.4, 0.5) is 4.79 Å². The number of carbonyl (C=O) groups excluding carboxylic acids is 1. The molecule has 1 fully saturated rings. The molecule has 16 heavy (non-hydrogen) atoms. The largest absolute Gasteiger partial charge is 0.478 e. The van der Waals surface area contributed by atoms with Crippen LogP contribution in [-0.2, 0) is 15.1 Å². The van der Waals surface area contributed by atoms with Gasteiger partial charge in [-0.3, -0.25) is 0 Å². The number of nitrogens with one attached hydrogen (secondary N) is 1. The van der Waals surface area contributed by atoms with Crippen molar-refractivity contribution in [2.75, 3.05) is 6.54 Å². The van der Waals surface area contributed by atoms with Crippen LogP contribution >= 0.6 is 15.9 Å². The average molecular weight is 286 g/mol. The van der Waals surface area contributed by atoms with Crippen molar-refractivity contribution in [1.82, 2.24) is 5.32 Å². The molecule has 1 unspecified atom stereocenters. The summed E-state index contributed by atoms with van der Waals surface area (Å²) in [5.41, 5.74) is -1.20. The standard InChI is InChI=1S/C10H8BrNO4/c11-7-3-1-2-6(4-7)10(8(13)14)5-12-9(15)16-10/h1-4H,5H2,(H,12,15)(H,13,14). The van der Waals surface area contributed by atoms with E-state index in [9.17, 15) is 14.7 Å². The predicted octanol–water partition coefficient (Wildman–Crippen LogP) is 1.47. The van der Waals surface area contributed by atoms with E-state index >= 15 is 0 Å². The Morgan fingerprint density at radius 1 is 1.56 bits per heavy atom. The molecule has 0 aromatic heterocycles. The number of halogens is 1. The zero-order chi connectivity index (χ0) is 11.8. The molecule has 1 aliphatic rings. The number of cyclic esters (lactones) is 1. The lowest BCUT2D eigenvalue weighted by molar-refractivity contribution is -0.155. The molecule has 1 heterocycles. The van der Waals surface area contributed by atoms with Crippen molar-refractivity contribution in [2.24, 2.45) is 0 Å². The van der Waals surface area contributed by atoms with E-state index < -0.39 is 17.7 Å². The van der Waals surface area contributed by atoms with Gasteiger partial charge in [0.05, 0.1) is 6.54 Å². The quantitative estimate of drug-likeness (QED) is 0.863. The van der Waals surface area contributed by atoms with E-state index in [1.807, 2.05) is 0 Å². The van der Waals surface area contributed by atoms with E-state index in [-0.39, 0.29) is 6.54 Å². The molecule has 0 bridgehead atoms. The van der Waals surface area contributed by atoms with Crippen molar-refractivity contribution >= 4 is 28.0 Å². The molecule has 1 aromatic carbocycles. The third-order valence-corrected chi connectivity index (χ3v) is 2.88. The van der Waals surface area contributed by atoms with Gasteiger partial charge in [-0.2, -0.15) is 0 Å². The highest BCUT2D eigenvalue weighted by Crippen LogP contribution is 2.31. The number of carboxylic acid groups (broad SMARTS) is 1. The minimum Gasteiger partial charge on any atom is -0.478 e. The SMILES string of the molecule is O=C1NCC(C(=O)O)(c2cccc(Br)c2)O1. The third-order valence-electron chi connectivity index (χ3n) is 2.38. The summed E-state index contributed by atoms with van der Waals surface area (Å²) >= 11 is 3.24. The number of ether oxygens (including phenoxy) is 1. The average Bonchev–Trinajstić information content (AvgIpc) is 2.62. The molecule has 6 heteroatoms. The number of aliphatic carboxylic acids is 1. The summed E-state index contributed by atoms with van der Waals surface area (Å²) in [5.74, 6) is -1.19. The van der Waals surface area contributed by atoms with Crippen LogP contribution in [0.3, 0.4) is 0 Å². The maximum absolute atomic E-state index is 11.2. The van der Waals surface area contributed by atoms with Gasteiger partial charge in [0.15, 0.2) is 0 Å². The second-order valence-corrected chi connectivity index (χ2v) is 4.30. The van der Waals surface area contributed by atoms with E-state index in [2.05, 4.69) is 21.2 Å². The molecule has 1 saturated heterocycles. The van der Waals surface area contributed by atoms with Crippen LogP contribution in [0.5, 0.6) is 0 Å². The van der Waals surface area contributed by atoms with Crippen molar-refractivity contribution in [3.8, 4) is 0 Å². The first-order valence-electron chi connectivity index (χ1n) is 4.51. The van der Waals surface area contributed by atoms with E-state index in [4.69, 9.17) is 4.74 Å².